The number of hydrogen-bond donors (Lipinski definition) is 0. The lowest BCUT2D eigenvalue weighted by Gasteiger charge is -2.09. The third-order valence-electron chi connectivity index (χ3n) is 1.84. The fraction of sp³-hybridized carbons (Fsp3) is 0.300. The van der Waals surface area contributed by atoms with Crippen molar-refractivity contribution >= 4 is 11.6 Å². The minimum Gasteiger partial charge on any atom is -0.0840 e. The van der Waals surface area contributed by atoms with Crippen LogP contribution < -0.4 is 0 Å². The van der Waals surface area contributed by atoms with Gasteiger partial charge in [-0.15, -0.1) is 0 Å². The van der Waals surface area contributed by atoms with Gasteiger partial charge in [0.25, 0.3) is 0 Å². The molecule has 1 aromatic carbocycles. The Morgan fingerprint density at radius 1 is 1.45 bits per heavy atom. The molecule has 0 saturated carbocycles. The van der Waals surface area contributed by atoms with E-state index in [1.54, 1.807) is 0 Å². The van der Waals surface area contributed by atoms with Gasteiger partial charge in [0.15, 0.2) is 0 Å². The molecule has 1 atom stereocenters. The van der Waals surface area contributed by atoms with E-state index in [9.17, 15) is 0 Å². The van der Waals surface area contributed by atoms with Gasteiger partial charge in [0.05, 0.1) is 0 Å². The van der Waals surface area contributed by atoms with Crippen LogP contribution in [-0.4, -0.2) is 0 Å². The average Bonchev–Trinajstić information content (AvgIpc) is 1.94. The van der Waals surface area contributed by atoms with Crippen LogP contribution in [0.4, 0.5) is 0 Å². The summed E-state index contributed by atoms with van der Waals surface area (Å²) in [7, 11) is 0. The van der Waals surface area contributed by atoms with Gasteiger partial charge in [0.2, 0.25) is 0 Å². The molecule has 0 aromatic heterocycles. The van der Waals surface area contributed by atoms with E-state index in [0.717, 1.165) is 10.6 Å². The van der Waals surface area contributed by atoms with E-state index < -0.39 is 0 Å². The summed E-state index contributed by atoms with van der Waals surface area (Å²) >= 11 is 5.93. The van der Waals surface area contributed by atoms with Gasteiger partial charge in [-0.1, -0.05) is 30.7 Å². The Balaban J connectivity index is 3.17. The first-order chi connectivity index (χ1) is 5.13. The predicted molar refractivity (Wildman–Crippen MR) is 50.0 cm³/mol. The predicted octanol–water partition coefficient (Wildman–Crippen LogP) is 3.59. The van der Waals surface area contributed by atoms with Gasteiger partial charge >= 0.3 is 0 Å². The standard InChI is InChI=1S/C10H12Cl/c1-7(2)9-5-4-6-10(11)8(9)3/h4-7H,1H2,2-3H3. The van der Waals surface area contributed by atoms with E-state index in [1.165, 1.54) is 5.56 Å². The fourth-order valence-electron chi connectivity index (χ4n) is 1.16. The summed E-state index contributed by atoms with van der Waals surface area (Å²) in [6.07, 6.45) is 0. The molecule has 0 amide bonds. The van der Waals surface area contributed by atoms with Crippen molar-refractivity contribution in [2.45, 2.75) is 19.8 Å². The summed E-state index contributed by atoms with van der Waals surface area (Å²) in [5.74, 6) is 0.314. The molecule has 1 unspecified atom stereocenters. The van der Waals surface area contributed by atoms with Crippen LogP contribution >= 0.6 is 11.6 Å². The molecule has 0 spiro atoms. The molecule has 1 rings (SSSR count). The maximum atomic E-state index is 5.93. The molecule has 11 heavy (non-hydrogen) atoms. The molecular formula is C10H12Cl. The van der Waals surface area contributed by atoms with E-state index in [-0.39, 0.29) is 0 Å². The molecule has 0 N–H and O–H groups in total. The van der Waals surface area contributed by atoms with Crippen LogP contribution in [0.2, 0.25) is 5.02 Å². The Kier molecular flexibility index (Phi) is 2.56. The van der Waals surface area contributed by atoms with Crippen molar-refractivity contribution in [3.05, 3.63) is 41.3 Å². The molecule has 0 aliphatic heterocycles. The summed E-state index contributed by atoms with van der Waals surface area (Å²) in [5, 5.41) is 0.831. The highest BCUT2D eigenvalue weighted by molar-refractivity contribution is 6.31. The van der Waals surface area contributed by atoms with Crippen molar-refractivity contribution in [2.75, 3.05) is 0 Å². The zero-order chi connectivity index (χ0) is 8.43. The molecular weight excluding hydrogens is 156 g/mol. The quantitative estimate of drug-likeness (QED) is 0.600. The highest BCUT2D eigenvalue weighted by Gasteiger charge is 2.04. The van der Waals surface area contributed by atoms with E-state index >= 15 is 0 Å². The van der Waals surface area contributed by atoms with Crippen LogP contribution in [-0.2, 0) is 0 Å². The van der Waals surface area contributed by atoms with Crippen molar-refractivity contribution in [3.63, 3.8) is 0 Å². The molecule has 0 nitrogen and oxygen atoms in total. The summed E-state index contributed by atoms with van der Waals surface area (Å²) in [5.41, 5.74) is 2.38. The molecule has 0 aliphatic carbocycles. The average molecular weight is 168 g/mol. The fourth-order valence-corrected chi connectivity index (χ4v) is 1.34. The van der Waals surface area contributed by atoms with Crippen molar-refractivity contribution in [3.8, 4) is 0 Å². The Hall–Kier alpha value is -0.490. The number of halogens is 1. The van der Waals surface area contributed by atoms with Crippen LogP contribution in [0.15, 0.2) is 18.2 Å². The first kappa shape index (κ1) is 8.61. The lowest BCUT2D eigenvalue weighted by Crippen LogP contribution is -1.91. The molecule has 0 saturated heterocycles. The van der Waals surface area contributed by atoms with Crippen LogP contribution in [0.5, 0.6) is 0 Å². The van der Waals surface area contributed by atoms with Crippen molar-refractivity contribution < 1.29 is 0 Å². The van der Waals surface area contributed by atoms with E-state index in [0.29, 0.717) is 5.92 Å². The second kappa shape index (κ2) is 3.27. The highest BCUT2D eigenvalue weighted by atomic mass is 35.5. The van der Waals surface area contributed by atoms with E-state index in [2.05, 4.69) is 19.9 Å². The van der Waals surface area contributed by atoms with Crippen LogP contribution in [0.1, 0.15) is 24.0 Å². The highest BCUT2D eigenvalue weighted by Crippen LogP contribution is 2.24. The zero-order valence-electron chi connectivity index (χ0n) is 6.89. The first-order valence-corrected chi connectivity index (χ1v) is 4.09. The number of benzene rings is 1. The summed E-state index contributed by atoms with van der Waals surface area (Å²) in [6.45, 7) is 8.05. The summed E-state index contributed by atoms with van der Waals surface area (Å²) in [4.78, 5) is 0. The minimum atomic E-state index is 0.314. The van der Waals surface area contributed by atoms with Crippen molar-refractivity contribution in [2.24, 2.45) is 0 Å². The molecule has 1 aromatic rings. The summed E-state index contributed by atoms with van der Waals surface area (Å²) < 4.78 is 0. The monoisotopic (exact) mass is 167 g/mol. The van der Waals surface area contributed by atoms with Crippen LogP contribution in [0.25, 0.3) is 0 Å². The molecule has 1 heteroatoms. The van der Waals surface area contributed by atoms with Gasteiger partial charge in [-0.2, -0.15) is 0 Å². The smallest absolute Gasteiger partial charge is 0.0438 e. The molecule has 0 fully saturated rings. The first-order valence-electron chi connectivity index (χ1n) is 3.71. The van der Waals surface area contributed by atoms with Gasteiger partial charge in [0.1, 0.15) is 0 Å². The van der Waals surface area contributed by atoms with E-state index in [1.807, 2.05) is 19.1 Å². The zero-order valence-corrected chi connectivity index (χ0v) is 7.65. The molecule has 0 aliphatic rings. The molecule has 1 radical (unpaired) electrons. The lowest BCUT2D eigenvalue weighted by molar-refractivity contribution is 0.949. The second-order valence-corrected chi connectivity index (χ2v) is 3.26. The van der Waals surface area contributed by atoms with Crippen LogP contribution in [0, 0.1) is 13.8 Å². The minimum absolute atomic E-state index is 0.314. The SMILES string of the molecule is [CH2]C(C)c1cccc(Cl)c1C. The second-order valence-electron chi connectivity index (χ2n) is 2.86. The maximum absolute atomic E-state index is 5.93. The Morgan fingerprint density at radius 3 is 2.55 bits per heavy atom. The lowest BCUT2D eigenvalue weighted by atomic mass is 9.98. The normalized spacial score (nSPS) is 10.6. The molecule has 0 bridgehead atoms. The van der Waals surface area contributed by atoms with Gasteiger partial charge < -0.3 is 0 Å². The van der Waals surface area contributed by atoms with Crippen LogP contribution in [0.3, 0.4) is 0 Å². The number of rotatable bonds is 1. The Bertz CT molecular complexity index is 251. The largest absolute Gasteiger partial charge is 0.0840 e. The summed E-state index contributed by atoms with van der Waals surface area (Å²) in [6, 6.07) is 5.94. The van der Waals surface area contributed by atoms with Crippen molar-refractivity contribution in [1.29, 1.82) is 0 Å². The number of hydrogen-bond acceptors (Lipinski definition) is 0. The molecule has 0 heterocycles. The van der Waals surface area contributed by atoms with Gasteiger partial charge in [-0.25, -0.2) is 0 Å². The van der Waals surface area contributed by atoms with Gasteiger partial charge in [-0.3, -0.25) is 0 Å². The Morgan fingerprint density at radius 2 is 2.09 bits per heavy atom. The topological polar surface area (TPSA) is 0 Å². The molecule has 59 valence electrons. The van der Waals surface area contributed by atoms with Gasteiger partial charge in [0, 0.05) is 5.02 Å². The maximum Gasteiger partial charge on any atom is 0.0438 e. The third kappa shape index (κ3) is 1.75. The van der Waals surface area contributed by atoms with E-state index in [4.69, 9.17) is 11.6 Å². The third-order valence-corrected chi connectivity index (χ3v) is 2.25. The Labute approximate surface area is 73.2 Å². The van der Waals surface area contributed by atoms with Crippen molar-refractivity contribution in [1.82, 2.24) is 0 Å². The van der Waals surface area contributed by atoms with Gasteiger partial charge in [-0.05, 0) is 37.0 Å².